The van der Waals surface area contributed by atoms with Crippen molar-refractivity contribution in [2.75, 3.05) is 20.3 Å². The molecule has 1 heterocycles. The van der Waals surface area contributed by atoms with Crippen LogP contribution in [-0.4, -0.2) is 55.2 Å². The van der Waals surface area contributed by atoms with Crippen molar-refractivity contribution in [3.8, 4) is 0 Å². The van der Waals surface area contributed by atoms with Gasteiger partial charge in [0.25, 0.3) is 0 Å². The molecule has 1 aliphatic heterocycles. The van der Waals surface area contributed by atoms with Crippen molar-refractivity contribution >= 4 is 18.0 Å². The number of ether oxygens (including phenoxy) is 2. The number of likely N-dealkylation sites (tertiary alicyclic amines) is 1. The molecule has 1 saturated heterocycles. The van der Waals surface area contributed by atoms with E-state index in [0.29, 0.717) is 13.0 Å². The molecule has 0 aromatic carbocycles. The van der Waals surface area contributed by atoms with Crippen molar-refractivity contribution in [1.29, 1.82) is 0 Å². The van der Waals surface area contributed by atoms with Crippen molar-refractivity contribution in [2.24, 2.45) is 11.8 Å². The number of nitrogens with one attached hydrogen (secondary N) is 1. The Morgan fingerprint density at radius 3 is 2.42 bits per heavy atom. The lowest BCUT2D eigenvalue weighted by molar-refractivity contribution is -0.153. The van der Waals surface area contributed by atoms with Crippen molar-refractivity contribution in [3.63, 3.8) is 0 Å². The first kappa shape index (κ1) is 20.3. The summed E-state index contributed by atoms with van der Waals surface area (Å²) < 4.78 is 9.73. The fourth-order valence-electron chi connectivity index (χ4n) is 3.12. The van der Waals surface area contributed by atoms with E-state index in [0.717, 1.165) is 12.8 Å². The number of rotatable bonds is 7. The molecule has 0 aromatic rings. The SMILES string of the molecule is CCC[C@@H]1C[C@@H](C(=O)OCC)N(C(=O)[C@@H](NC(=O)OC)C(C)C)C1. The Kier molecular flexibility index (Phi) is 8.01. The number of nitrogens with zero attached hydrogens (tertiary/aromatic N) is 1. The number of alkyl carbamates (subject to hydrolysis) is 1. The number of methoxy groups -OCH3 is 1. The summed E-state index contributed by atoms with van der Waals surface area (Å²) in [5.74, 6) is -0.471. The van der Waals surface area contributed by atoms with Crippen LogP contribution in [0, 0.1) is 11.8 Å². The van der Waals surface area contributed by atoms with Crippen molar-refractivity contribution in [1.82, 2.24) is 10.2 Å². The summed E-state index contributed by atoms with van der Waals surface area (Å²) in [4.78, 5) is 38.3. The van der Waals surface area contributed by atoms with E-state index in [9.17, 15) is 14.4 Å². The number of hydrogen-bond donors (Lipinski definition) is 1. The first-order valence-corrected chi connectivity index (χ1v) is 8.67. The van der Waals surface area contributed by atoms with E-state index in [1.165, 1.54) is 7.11 Å². The highest BCUT2D eigenvalue weighted by atomic mass is 16.5. The van der Waals surface area contributed by atoms with Gasteiger partial charge in [0, 0.05) is 6.54 Å². The number of hydrogen-bond acceptors (Lipinski definition) is 5. The summed E-state index contributed by atoms with van der Waals surface area (Å²) in [6.07, 6.45) is 1.91. The van der Waals surface area contributed by atoms with Crippen LogP contribution in [0.15, 0.2) is 0 Å². The summed E-state index contributed by atoms with van der Waals surface area (Å²) in [6, 6.07) is -1.30. The second-order valence-corrected chi connectivity index (χ2v) is 6.51. The zero-order valence-electron chi connectivity index (χ0n) is 15.3. The van der Waals surface area contributed by atoms with Crippen LogP contribution in [0.2, 0.25) is 0 Å². The van der Waals surface area contributed by atoms with Gasteiger partial charge in [-0.2, -0.15) is 0 Å². The highest BCUT2D eigenvalue weighted by molar-refractivity contribution is 5.90. The molecule has 0 bridgehead atoms. The van der Waals surface area contributed by atoms with Crippen molar-refractivity contribution in [2.45, 2.75) is 59.0 Å². The molecule has 0 aromatic heterocycles. The highest BCUT2D eigenvalue weighted by Crippen LogP contribution is 2.29. The van der Waals surface area contributed by atoms with E-state index in [-0.39, 0.29) is 30.3 Å². The molecule has 1 N–H and O–H groups in total. The average molecular weight is 342 g/mol. The van der Waals surface area contributed by atoms with Gasteiger partial charge in [0.05, 0.1) is 13.7 Å². The van der Waals surface area contributed by atoms with Crippen molar-refractivity contribution in [3.05, 3.63) is 0 Å². The van der Waals surface area contributed by atoms with Crippen molar-refractivity contribution < 1.29 is 23.9 Å². The van der Waals surface area contributed by atoms with Gasteiger partial charge in [0.15, 0.2) is 0 Å². The Morgan fingerprint density at radius 2 is 1.92 bits per heavy atom. The molecule has 138 valence electrons. The molecule has 7 nitrogen and oxygen atoms in total. The predicted octanol–water partition coefficient (Wildman–Crippen LogP) is 1.95. The molecule has 1 rings (SSSR count). The minimum Gasteiger partial charge on any atom is -0.464 e. The van der Waals surface area contributed by atoms with E-state index in [1.54, 1.807) is 11.8 Å². The summed E-state index contributed by atoms with van der Waals surface area (Å²) in [6.45, 7) is 8.32. The maximum Gasteiger partial charge on any atom is 0.407 e. The summed E-state index contributed by atoms with van der Waals surface area (Å²) >= 11 is 0. The maximum absolute atomic E-state index is 13.0. The van der Waals surface area contributed by atoms with Crippen LogP contribution in [0.1, 0.15) is 47.0 Å². The van der Waals surface area contributed by atoms with E-state index < -0.39 is 18.2 Å². The second-order valence-electron chi connectivity index (χ2n) is 6.51. The van der Waals surface area contributed by atoms with Gasteiger partial charge in [-0.25, -0.2) is 9.59 Å². The summed E-state index contributed by atoms with van der Waals surface area (Å²) in [7, 11) is 1.26. The predicted molar refractivity (Wildman–Crippen MR) is 89.3 cm³/mol. The molecule has 2 amide bonds. The van der Waals surface area contributed by atoms with Crippen LogP contribution in [0.25, 0.3) is 0 Å². The van der Waals surface area contributed by atoms with Gasteiger partial charge in [0.1, 0.15) is 12.1 Å². The Balaban J connectivity index is 2.95. The first-order valence-electron chi connectivity index (χ1n) is 8.67. The minimum atomic E-state index is -0.727. The molecule has 0 saturated carbocycles. The van der Waals surface area contributed by atoms with Gasteiger partial charge in [-0.3, -0.25) is 4.79 Å². The topological polar surface area (TPSA) is 84.9 Å². The molecular formula is C17H30N2O5. The number of amides is 2. The fraction of sp³-hybridized carbons (Fsp3) is 0.824. The second kappa shape index (κ2) is 9.49. The van der Waals surface area contributed by atoms with Gasteiger partial charge in [-0.05, 0) is 31.6 Å². The average Bonchev–Trinajstić information content (AvgIpc) is 2.96. The molecule has 0 unspecified atom stereocenters. The van der Waals surface area contributed by atoms with E-state index in [4.69, 9.17) is 4.74 Å². The lowest BCUT2D eigenvalue weighted by atomic mass is 10.0. The summed E-state index contributed by atoms with van der Waals surface area (Å²) in [5.41, 5.74) is 0. The smallest absolute Gasteiger partial charge is 0.407 e. The minimum absolute atomic E-state index is 0.121. The first-order chi connectivity index (χ1) is 11.3. The third-order valence-electron chi connectivity index (χ3n) is 4.32. The van der Waals surface area contributed by atoms with Gasteiger partial charge in [-0.1, -0.05) is 27.2 Å². The zero-order chi connectivity index (χ0) is 18.3. The molecule has 0 spiro atoms. The van der Waals surface area contributed by atoms with Crippen LogP contribution in [0.3, 0.4) is 0 Å². The molecule has 1 aliphatic rings. The lowest BCUT2D eigenvalue weighted by Crippen LogP contribution is -2.54. The Hall–Kier alpha value is -1.79. The highest BCUT2D eigenvalue weighted by Gasteiger charge is 2.43. The standard InChI is InChI=1S/C17H30N2O5/c1-6-8-12-9-13(16(21)24-7-2)19(10-12)15(20)14(11(3)4)18-17(22)23-5/h11-14H,6-10H2,1-5H3,(H,18,22)/t12-,13+,14+/m1/s1. The van der Waals surface area contributed by atoms with E-state index in [2.05, 4.69) is 17.0 Å². The maximum atomic E-state index is 13.0. The molecule has 1 fully saturated rings. The Bertz CT molecular complexity index is 452. The van der Waals surface area contributed by atoms with E-state index in [1.807, 2.05) is 13.8 Å². The lowest BCUT2D eigenvalue weighted by Gasteiger charge is -2.29. The van der Waals surface area contributed by atoms with Gasteiger partial charge in [-0.15, -0.1) is 0 Å². The van der Waals surface area contributed by atoms with Crippen LogP contribution < -0.4 is 5.32 Å². The third kappa shape index (κ3) is 5.11. The Morgan fingerprint density at radius 1 is 1.25 bits per heavy atom. The van der Waals surface area contributed by atoms with Crippen LogP contribution in [-0.2, 0) is 19.1 Å². The fourth-order valence-corrected chi connectivity index (χ4v) is 3.12. The zero-order valence-corrected chi connectivity index (χ0v) is 15.3. The monoisotopic (exact) mass is 342 g/mol. The van der Waals surface area contributed by atoms with Gasteiger partial charge in [0.2, 0.25) is 5.91 Å². The molecule has 0 radical (unpaired) electrons. The molecule has 24 heavy (non-hydrogen) atoms. The quantitative estimate of drug-likeness (QED) is 0.715. The number of carbonyl (C=O) groups is 3. The summed E-state index contributed by atoms with van der Waals surface area (Å²) in [5, 5.41) is 2.58. The van der Waals surface area contributed by atoms with E-state index >= 15 is 0 Å². The molecule has 7 heteroatoms. The number of esters is 1. The van der Waals surface area contributed by atoms with Gasteiger partial charge >= 0.3 is 12.1 Å². The molecule has 0 aliphatic carbocycles. The molecular weight excluding hydrogens is 312 g/mol. The Labute approximate surface area is 144 Å². The third-order valence-corrected chi connectivity index (χ3v) is 4.32. The van der Waals surface area contributed by atoms with Crippen LogP contribution in [0.5, 0.6) is 0 Å². The van der Waals surface area contributed by atoms with Gasteiger partial charge < -0.3 is 19.7 Å². The normalized spacial score (nSPS) is 21.5. The van der Waals surface area contributed by atoms with Crippen LogP contribution in [0.4, 0.5) is 4.79 Å². The van der Waals surface area contributed by atoms with Crippen LogP contribution >= 0.6 is 0 Å². The largest absolute Gasteiger partial charge is 0.464 e. The molecule has 3 atom stereocenters. The number of carbonyl (C=O) groups excluding carboxylic acids is 3.